The van der Waals surface area contributed by atoms with E-state index < -0.39 is 6.10 Å². The third-order valence-corrected chi connectivity index (χ3v) is 5.84. The molecule has 0 aromatic heterocycles. The number of hydrogen-bond acceptors (Lipinski definition) is 6. The summed E-state index contributed by atoms with van der Waals surface area (Å²) in [5.74, 6) is 0.855. The Bertz CT molecular complexity index is 523. The fourth-order valence-electron chi connectivity index (χ4n) is 2.90. The van der Waals surface area contributed by atoms with Crippen LogP contribution in [-0.4, -0.2) is 78.9 Å². The quantitative estimate of drug-likeness (QED) is 0.281. The maximum Gasteiger partial charge on any atom is 0.119 e. The zero-order chi connectivity index (χ0) is 18.2. The number of benzene rings is 1. The van der Waals surface area contributed by atoms with E-state index in [1.807, 2.05) is 12.1 Å². The summed E-state index contributed by atoms with van der Waals surface area (Å²) in [5.41, 5.74) is 1.09. The van der Waals surface area contributed by atoms with E-state index in [1.165, 1.54) is 12.5 Å². The van der Waals surface area contributed by atoms with Gasteiger partial charge in [-0.25, -0.2) is 0 Å². The van der Waals surface area contributed by atoms with Crippen LogP contribution in [0.5, 0.6) is 5.75 Å². The van der Waals surface area contributed by atoms with Gasteiger partial charge in [-0.15, -0.1) is 0 Å². The molecule has 3 atom stereocenters. The molecule has 146 valence electrons. The number of aliphatic hydroxyl groups is 1. The van der Waals surface area contributed by atoms with Gasteiger partial charge in [0.15, 0.2) is 0 Å². The lowest BCUT2D eigenvalue weighted by Crippen LogP contribution is -2.40. The van der Waals surface area contributed by atoms with Crippen molar-refractivity contribution in [3.05, 3.63) is 24.3 Å². The summed E-state index contributed by atoms with van der Waals surface area (Å²) in [5, 5.41) is 13.8. The first-order valence-electron chi connectivity index (χ1n) is 9.84. The zero-order valence-corrected chi connectivity index (χ0v) is 17.1. The predicted octanol–water partition coefficient (Wildman–Crippen LogP) is 0.645. The maximum absolute atomic E-state index is 10.4. The molecular formula is C19H32N2O4Si. The molecule has 6 nitrogen and oxygen atoms in total. The topological polar surface area (TPSA) is 69.8 Å². The van der Waals surface area contributed by atoms with Gasteiger partial charge in [-0.2, -0.15) is 0 Å². The van der Waals surface area contributed by atoms with E-state index in [-0.39, 0.29) is 21.7 Å². The van der Waals surface area contributed by atoms with Crippen molar-refractivity contribution in [1.82, 2.24) is 5.32 Å². The number of nitrogens with one attached hydrogen (secondary N) is 1. The van der Waals surface area contributed by atoms with Crippen LogP contribution in [0.3, 0.4) is 0 Å². The predicted molar refractivity (Wildman–Crippen MR) is 106 cm³/mol. The van der Waals surface area contributed by atoms with Gasteiger partial charge in [-0.05, 0) is 37.2 Å². The molecule has 7 heteroatoms. The van der Waals surface area contributed by atoms with Crippen LogP contribution in [0.1, 0.15) is 6.42 Å². The second kappa shape index (κ2) is 10.3. The average molecular weight is 381 g/mol. The minimum atomic E-state index is -0.393. The van der Waals surface area contributed by atoms with Crippen LogP contribution in [0.2, 0.25) is 12.6 Å². The highest BCUT2D eigenvalue weighted by atomic mass is 28.2. The smallest absolute Gasteiger partial charge is 0.119 e. The van der Waals surface area contributed by atoms with Crippen molar-refractivity contribution in [1.29, 1.82) is 0 Å². The van der Waals surface area contributed by atoms with Gasteiger partial charge < -0.3 is 29.5 Å². The lowest BCUT2D eigenvalue weighted by atomic mass is 10.2. The number of rotatable bonds is 14. The largest absolute Gasteiger partial charge is 0.491 e. The number of hydrogen-bond donors (Lipinski definition) is 2. The van der Waals surface area contributed by atoms with Crippen LogP contribution in [0, 0.1) is 0 Å². The van der Waals surface area contributed by atoms with Crippen LogP contribution in [0.25, 0.3) is 0 Å². The van der Waals surface area contributed by atoms with Crippen molar-refractivity contribution < 1.29 is 19.3 Å². The average Bonchev–Trinajstić information content (AvgIpc) is 3.55. The van der Waals surface area contributed by atoms with Gasteiger partial charge in [-0.3, -0.25) is 0 Å². The maximum atomic E-state index is 10.4. The van der Waals surface area contributed by atoms with E-state index in [0.717, 1.165) is 37.7 Å². The molecule has 0 spiro atoms. The minimum Gasteiger partial charge on any atom is -0.491 e. The summed E-state index contributed by atoms with van der Waals surface area (Å²) < 4.78 is 16.3. The zero-order valence-electron chi connectivity index (χ0n) is 15.7. The highest BCUT2D eigenvalue weighted by molar-refractivity contribution is 6.33. The van der Waals surface area contributed by atoms with E-state index in [0.29, 0.717) is 19.7 Å². The molecule has 2 fully saturated rings. The van der Waals surface area contributed by atoms with Crippen LogP contribution in [0.4, 0.5) is 5.69 Å². The Labute approximate surface area is 158 Å². The normalized spacial score (nSPS) is 22.5. The van der Waals surface area contributed by atoms with Gasteiger partial charge >= 0.3 is 0 Å². The SMILES string of the molecule is C[SiH2]CCCNCC(O)CN(CC1CO1)c1ccc(OCC2CO2)cc1. The molecule has 26 heavy (non-hydrogen) atoms. The first kappa shape index (κ1) is 19.6. The van der Waals surface area contributed by atoms with Gasteiger partial charge in [0.05, 0.1) is 25.4 Å². The summed E-state index contributed by atoms with van der Waals surface area (Å²) in [6.45, 7) is 7.62. The third-order valence-electron chi connectivity index (χ3n) is 4.63. The van der Waals surface area contributed by atoms with Gasteiger partial charge in [0, 0.05) is 34.8 Å². The fourth-order valence-corrected chi connectivity index (χ4v) is 3.65. The van der Waals surface area contributed by atoms with Crippen molar-refractivity contribution in [3.8, 4) is 5.75 Å². The molecule has 3 rings (SSSR count). The first-order chi connectivity index (χ1) is 12.7. The van der Waals surface area contributed by atoms with Crippen molar-refractivity contribution in [3.63, 3.8) is 0 Å². The summed E-state index contributed by atoms with van der Waals surface area (Å²) in [7, 11) is 0.157. The Morgan fingerprint density at radius 3 is 2.65 bits per heavy atom. The van der Waals surface area contributed by atoms with Gasteiger partial charge in [0.25, 0.3) is 0 Å². The third kappa shape index (κ3) is 7.24. The summed E-state index contributed by atoms with van der Waals surface area (Å²) in [6.07, 6.45) is 1.38. The second-order valence-corrected chi connectivity index (χ2v) is 8.89. The summed E-state index contributed by atoms with van der Waals surface area (Å²) >= 11 is 0. The lowest BCUT2D eigenvalue weighted by Gasteiger charge is -2.27. The van der Waals surface area contributed by atoms with Gasteiger partial charge in [-0.1, -0.05) is 12.6 Å². The molecule has 0 radical (unpaired) electrons. The van der Waals surface area contributed by atoms with Crippen LogP contribution >= 0.6 is 0 Å². The number of aliphatic hydroxyl groups excluding tert-OH is 1. The molecule has 2 aliphatic heterocycles. The molecule has 2 saturated heterocycles. The van der Waals surface area contributed by atoms with Gasteiger partial charge in [0.2, 0.25) is 0 Å². The van der Waals surface area contributed by atoms with Gasteiger partial charge in [0.1, 0.15) is 18.5 Å². The van der Waals surface area contributed by atoms with Crippen LogP contribution < -0.4 is 15.0 Å². The highest BCUT2D eigenvalue weighted by Gasteiger charge is 2.27. The number of epoxide rings is 2. The van der Waals surface area contributed by atoms with E-state index >= 15 is 0 Å². The summed E-state index contributed by atoms with van der Waals surface area (Å²) in [4.78, 5) is 2.21. The van der Waals surface area contributed by atoms with Crippen molar-refractivity contribution in [2.75, 3.05) is 50.9 Å². The minimum absolute atomic E-state index is 0.157. The van der Waals surface area contributed by atoms with E-state index in [1.54, 1.807) is 0 Å². The number of anilines is 1. The second-order valence-electron chi connectivity index (χ2n) is 7.19. The summed E-state index contributed by atoms with van der Waals surface area (Å²) in [6, 6.07) is 9.44. The Kier molecular flexibility index (Phi) is 7.76. The molecule has 3 unspecified atom stereocenters. The first-order valence-corrected chi connectivity index (χ1v) is 12.3. The molecule has 0 saturated carbocycles. The monoisotopic (exact) mass is 380 g/mol. The molecule has 1 aromatic rings. The molecule has 1 aromatic carbocycles. The molecule has 0 aliphatic carbocycles. The number of ether oxygens (including phenoxy) is 3. The van der Waals surface area contributed by atoms with E-state index in [4.69, 9.17) is 14.2 Å². The Morgan fingerprint density at radius 2 is 2.00 bits per heavy atom. The molecule has 0 amide bonds. The van der Waals surface area contributed by atoms with Crippen LogP contribution in [-0.2, 0) is 9.47 Å². The van der Waals surface area contributed by atoms with E-state index in [9.17, 15) is 5.11 Å². The van der Waals surface area contributed by atoms with Crippen LogP contribution in [0.15, 0.2) is 24.3 Å². The molecule has 0 bridgehead atoms. The Hall–Kier alpha value is -1.12. The number of nitrogens with zero attached hydrogens (tertiary/aromatic N) is 1. The Balaban J connectivity index is 1.46. The standard InChI is InChI=1S/C19H32N2O4Si/c1-26-8-2-7-20-9-16(22)10-21(11-18-12-24-18)15-3-5-17(6-4-15)23-13-19-14-25-19/h3-6,16,18-20,22H,2,7-14,26H2,1H3. The molecule has 2 heterocycles. The molecular weight excluding hydrogens is 348 g/mol. The van der Waals surface area contributed by atoms with Crippen molar-refractivity contribution >= 4 is 15.2 Å². The molecule has 2 N–H and O–H groups in total. The van der Waals surface area contributed by atoms with Crippen molar-refractivity contribution in [2.45, 2.75) is 37.3 Å². The Morgan fingerprint density at radius 1 is 1.27 bits per heavy atom. The lowest BCUT2D eigenvalue weighted by molar-refractivity contribution is 0.176. The van der Waals surface area contributed by atoms with E-state index in [2.05, 4.69) is 28.9 Å². The molecule has 2 aliphatic rings. The fraction of sp³-hybridized carbons (Fsp3) is 0.684. The highest BCUT2D eigenvalue weighted by Crippen LogP contribution is 2.23. The van der Waals surface area contributed by atoms with Crippen molar-refractivity contribution in [2.24, 2.45) is 0 Å².